The lowest BCUT2D eigenvalue weighted by atomic mass is 9.91. The summed E-state index contributed by atoms with van der Waals surface area (Å²) in [4.78, 5) is 39.7. The molecule has 1 fully saturated rings. The Kier molecular flexibility index (Phi) is 6.56. The highest BCUT2D eigenvalue weighted by Crippen LogP contribution is 2.29. The molecule has 1 heterocycles. The average molecular weight is 369 g/mol. The second-order valence-corrected chi connectivity index (χ2v) is 6.40. The number of hydrogen-bond acceptors (Lipinski definition) is 4. The third-order valence-corrected chi connectivity index (χ3v) is 4.59. The van der Waals surface area contributed by atoms with E-state index >= 15 is 0 Å². The monoisotopic (exact) mass is 368 g/mol. The summed E-state index contributed by atoms with van der Waals surface area (Å²) in [6.45, 7) is 5.41. The van der Waals surface area contributed by atoms with Crippen LogP contribution in [-0.4, -0.2) is 53.8 Å². The van der Waals surface area contributed by atoms with Crippen LogP contribution >= 0.6 is 12.4 Å². The highest BCUT2D eigenvalue weighted by molar-refractivity contribution is 6.09. The van der Waals surface area contributed by atoms with Crippen LogP contribution in [0.5, 0.6) is 0 Å². The summed E-state index contributed by atoms with van der Waals surface area (Å²) >= 11 is 0. The number of nitrogens with one attached hydrogen (secondary N) is 1. The SMILES string of the molecule is Cc1ccc(C2(C)NC(=O)N(CC(=O)N(C)C(C)CN)C2=O)cc1.Cl. The Morgan fingerprint density at radius 2 is 1.88 bits per heavy atom. The molecule has 1 aromatic rings. The van der Waals surface area contributed by atoms with Crippen molar-refractivity contribution in [1.29, 1.82) is 0 Å². The molecule has 0 radical (unpaired) electrons. The van der Waals surface area contributed by atoms with Gasteiger partial charge in [0.25, 0.3) is 5.91 Å². The van der Waals surface area contributed by atoms with Gasteiger partial charge in [-0.15, -0.1) is 12.4 Å². The zero-order chi connectivity index (χ0) is 18.1. The maximum atomic E-state index is 12.8. The Balaban J connectivity index is 0.00000312. The number of rotatable bonds is 5. The summed E-state index contributed by atoms with van der Waals surface area (Å²) in [5.74, 6) is -0.761. The number of benzene rings is 1. The number of halogens is 1. The van der Waals surface area contributed by atoms with Crippen LogP contribution in [0.1, 0.15) is 25.0 Å². The van der Waals surface area contributed by atoms with Gasteiger partial charge in [0.05, 0.1) is 0 Å². The van der Waals surface area contributed by atoms with E-state index in [2.05, 4.69) is 5.32 Å². The fraction of sp³-hybridized carbons (Fsp3) is 0.471. The zero-order valence-electron chi connectivity index (χ0n) is 14.9. The van der Waals surface area contributed by atoms with Crippen LogP contribution in [0, 0.1) is 6.92 Å². The molecule has 138 valence electrons. The normalized spacial score (nSPS) is 20.8. The highest BCUT2D eigenvalue weighted by Gasteiger charge is 2.49. The fourth-order valence-electron chi connectivity index (χ4n) is 2.57. The van der Waals surface area contributed by atoms with Crippen molar-refractivity contribution in [2.75, 3.05) is 20.1 Å². The van der Waals surface area contributed by atoms with Gasteiger partial charge >= 0.3 is 6.03 Å². The van der Waals surface area contributed by atoms with Crippen LogP contribution in [0.3, 0.4) is 0 Å². The summed E-state index contributed by atoms with van der Waals surface area (Å²) in [6, 6.07) is 6.64. The van der Waals surface area contributed by atoms with E-state index in [1.165, 1.54) is 4.90 Å². The molecule has 7 nitrogen and oxygen atoms in total. The van der Waals surface area contributed by atoms with E-state index in [0.29, 0.717) is 12.1 Å². The van der Waals surface area contributed by atoms with Crippen molar-refractivity contribution in [3.05, 3.63) is 35.4 Å². The molecule has 0 bridgehead atoms. The number of hydrogen-bond donors (Lipinski definition) is 2. The number of nitrogens with zero attached hydrogens (tertiary/aromatic N) is 2. The largest absolute Gasteiger partial charge is 0.340 e. The predicted molar refractivity (Wildman–Crippen MR) is 97.3 cm³/mol. The van der Waals surface area contributed by atoms with Crippen molar-refractivity contribution in [1.82, 2.24) is 15.1 Å². The Hall–Kier alpha value is -2.12. The molecule has 3 N–H and O–H groups in total. The molecule has 1 aliphatic rings. The van der Waals surface area contributed by atoms with Crippen LogP contribution in [-0.2, 0) is 15.1 Å². The second-order valence-electron chi connectivity index (χ2n) is 6.40. The molecule has 1 saturated heterocycles. The van der Waals surface area contributed by atoms with E-state index < -0.39 is 17.5 Å². The van der Waals surface area contributed by atoms with Gasteiger partial charge in [-0.05, 0) is 26.3 Å². The first-order valence-electron chi connectivity index (χ1n) is 7.87. The molecule has 2 atom stereocenters. The molecular weight excluding hydrogens is 344 g/mol. The standard InChI is InChI=1S/C17H24N4O3.ClH/c1-11-5-7-13(8-6-11)17(3)15(23)21(16(24)19-17)10-14(22)20(4)12(2)9-18;/h5-8,12H,9-10,18H2,1-4H3,(H,19,24);1H. The smallest absolute Gasteiger partial charge is 0.325 e. The van der Waals surface area contributed by atoms with E-state index in [4.69, 9.17) is 5.73 Å². The highest BCUT2D eigenvalue weighted by atomic mass is 35.5. The van der Waals surface area contributed by atoms with Gasteiger partial charge in [0.1, 0.15) is 12.1 Å². The van der Waals surface area contributed by atoms with Gasteiger partial charge in [-0.3, -0.25) is 14.5 Å². The molecule has 0 aliphatic carbocycles. The Morgan fingerprint density at radius 3 is 2.40 bits per heavy atom. The number of carbonyl (C=O) groups excluding carboxylic acids is 3. The minimum atomic E-state index is -1.16. The number of urea groups is 1. The predicted octanol–water partition coefficient (Wildman–Crippen LogP) is 0.989. The summed E-state index contributed by atoms with van der Waals surface area (Å²) in [5.41, 5.74) is 6.13. The van der Waals surface area contributed by atoms with Crippen LogP contribution in [0.4, 0.5) is 4.79 Å². The maximum Gasteiger partial charge on any atom is 0.325 e. The van der Waals surface area contributed by atoms with E-state index in [1.807, 2.05) is 19.1 Å². The third kappa shape index (κ3) is 3.93. The van der Waals surface area contributed by atoms with Gasteiger partial charge in [0.15, 0.2) is 0 Å². The summed E-state index contributed by atoms with van der Waals surface area (Å²) in [6.07, 6.45) is 0. The molecule has 0 saturated carbocycles. The molecule has 2 rings (SSSR count). The van der Waals surface area contributed by atoms with Crippen molar-refractivity contribution in [3.8, 4) is 0 Å². The van der Waals surface area contributed by atoms with E-state index in [-0.39, 0.29) is 30.9 Å². The number of amides is 4. The van der Waals surface area contributed by atoms with Crippen LogP contribution in [0.15, 0.2) is 24.3 Å². The van der Waals surface area contributed by atoms with Crippen LogP contribution in [0.2, 0.25) is 0 Å². The molecular formula is C17H25ClN4O3. The zero-order valence-corrected chi connectivity index (χ0v) is 15.7. The lowest BCUT2D eigenvalue weighted by Crippen LogP contribution is -2.47. The van der Waals surface area contributed by atoms with Gasteiger partial charge in [-0.2, -0.15) is 0 Å². The van der Waals surface area contributed by atoms with Gasteiger partial charge in [0.2, 0.25) is 5.91 Å². The fourth-order valence-corrected chi connectivity index (χ4v) is 2.57. The number of carbonyl (C=O) groups is 3. The Labute approximate surface area is 153 Å². The minimum Gasteiger partial charge on any atom is -0.340 e. The van der Waals surface area contributed by atoms with Crippen molar-refractivity contribution in [2.24, 2.45) is 5.73 Å². The third-order valence-electron chi connectivity index (χ3n) is 4.59. The molecule has 25 heavy (non-hydrogen) atoms. The van der Waals surface area contributed by atoms with Gasteiger partial charge in [-0.1, -0.05) is 29.8 Å². The Bertz CT molecular complexity index is 664. The molecule has 8 heteroatoms. The number of nitrogens with two attached hydrogens (primary N) is 1. The molecule has 0 spiro atoms. The molecule has 4 amide bonds. The molecule has 2 unspecified atom stereocenters. The summed E-state index contributed by atoms with van der Waals surface area (Å²) in [5, 5.41) is 2.70. The first-order valence-corrected chi connectivity index (χ1v) is 7.87. The first-order chi connectivity index (χ1) is 11.2. The maximum absolute atomic E-state index is 12.8. The topological polar surface area (TPSA) is 95.7 Å². The van der Waals surface area contributed by atoms with Gasteiger partial charge < -0.3 is 16.0 Å². The number of likely N-dealkylation sites (N-methyl/N-ethyl adjacent to an activating group) is 1. The van der Waals surface area contributed by atoms with Crippen molar-refractivity contribution < 1.29 is 14.4 Å². The molecule has 0 aromatic heterocycles. The summed E-state index contributed by atoms with van der Waals surface area (Å²) < 4.78 is 0. The van der Waals surface area contributed by atoms with E-state index in [0.717, 1.165) is 10.5 Å². The van der Waals surface area contributed by atoms with E-state index in [9.17, 15) is 14.4 Å². The van der Waals surface area contributed by atoms with Gasteiger partial charge in [-0.25, -0.2) is 4.79 Å². The number of aryl methyl sites for hydroxylation is 1. The van der Waals surface area contributed by atoms with Crippen LogP contribution < -0.4 is 11.1 Å². The Morgan fingerprint density at radius 1 is 1.32 bits per heavy atom. The number of imide groups is 1. The van der Waals surface area contributed by atoms with Crippen molar-refractivity contribution in [3.63, 3.8) is 0 Å². The lowest BCUT2D eigenvalue weighted by Gasteiger charge is -2.26. The first kappa shape index (κ1) is 20.9. The molecule has 1 aromatic carbocycles. The second kappa shape index (κ2) is 7.84. The lowest BCUT2D eigenvalue weighted by molar-refractivity contribution is -0.139. The average Bonchev–Trinajstić information content (AvgIpc) is 2.78. The summed E-state index contributed by atoms with van der Waals surface area (Å²) in [7, 11) is 1.61. The van der Waals surface area contributed by atoms with Crippen molar-refractivity contribution in [2.45, 2.75) is 32.4 Å². The van der Waals surface area contributed by atoms with E-state index in [1.54, 1.807) is 33.0 Å². The van der Waals surface area contributed by atoms with Crippen molar-refractivity contribution >= 4 is 30.3 Å². The van der Waals surface area contributed by atoms with Gasteiger partial charge in [0, 0.05) is 19.6 Å². The minimum absolute atomic E-state index is 0. The molecule has 1 aliphatic heterocycles. The quantitative estimate of drug-likeness (QED) is 0.757. The van der Waals surface area contributed by atoms with Crippen LogP contribution in [0.25, 0.3) is 0 Å².